The fourth-order valence-corrected chi connectivity index (χ4v) is 3.39. The van der Waals surface area contributed by atoms with Crippen LogP contribution in [0.15, 0.2) is 28.8 Å². The second-order valence-corrected chi connectivity index (χ2v) is 6.22. The van der Waals surface area contributed by atoms with Crippen LogP contribution >= 0.6 is 0 Å². The number of nitrogens with zero attached hydrogens (tertiary/aromatic N) is 3. The van der Waals surface area contributed by atoms with Crippen LogP contribution in [0.25, 0.3) is 16.8 Å². The number of nitrogens with two attached hydrogens (primary N) is 1. The van der Waals surface area contributed by atoms with E-state index < -0.39 is 0 Å². The Hall–Kier alpha value is -2.34. The van der Waals surface area contributed by atoms with Crippen molar-refractivity contribution in [3.8, 4) is 5.82 Å². The second-order valence-electron chi connectivity index (χ2n) is 6.22. The lowest BCUT2D eigenvalue weighted by Gasteiger charge is -2.17. The Morgan fingerprint density at radius 3 is 2.61 bits per heavy atom. The van der Waals surface area contributed by atoms with E-state index in [-0.39, 0.29) is 11.9 Å². The van der Waals surface area contributed by atoms with Crippen LogP contribution in [-0.4, -0.2) is 28.9 Å². The molecule has 1 fully saturated rings. The third kappa shape index (κ3) is 2.13. The molecule has 3 aromatic rings. The van der Waals surface area contributed by atoms with Gasteiger partial charge in [-0.25, -0.2) is 4.39 Å². The van der Waals surface area contributed by atoms with Gasteiger partial charge >= 0.3 is 0 Å². The summed E-state index contributed by atoms with van der Waals surface area (Å²) in [4.78, 5) is 2.14. The first-order valence-electron chi connectivity index (χ1n) is 7.80. The molecule has 5 nitrogen and oxygen atoms in total. The number of aryl methyl sites for hydroxylation is 2. The second kappa shape index (κ2) is 5.09. The number of aromatic nitrogens is 2. The standard InChI is InChI=1S/C17H19FN4O/c1-10-3-4-11(2)22(10)17-15-13(18)5-6-14(16(15)23-20-17)21-8-7-12(19)9-21/h3-6,12H,7-9,19H2,1-2H3/t12-/m1/s1. The molecule has 23 heavy (non-hydrogen) atoms. The van der Waals surface area contributed by atoms with E-state index in [9.17, 15) is 4.39 Å². The van der Waals surface area contributed by atoms with E-state index in [1.807, 2.05) is 30.5 Å². The van der Waals surface area contributed by atoms with Crippen LogP contribution in [0.4, 0.5) is 10.1 Å². The fourth-order valence-electron chi connectivity index (χ4n) is 3.39. The highest BCUT2D eigenvalue weighted by molar-refractivity contribution is 5.94. The molecule has 1 aliphatic heterocycles. The molecule has 4 rings (SSSR count). The minimum absolute atomic E-state index is 0.145. The van der Waals surface area contributed by atoms with Gasteiger partial charge in [-0.2, -0.15) is 0 Å². The number of fused-ring (bicyclic) bond motifs is 1. The summed E-state index contributed by atoms with van der Waals surface area (Å²) in [6.07, 6.45) is 0.926. The zero-order valence-electron chi connectivity index (χ0n) is 13.2. The van der Waals surface area contributed by atoms with Crippen LogP contribution in [0.5, 0.6) is 0 Å². The molecule has 0 unspecified atom stereocenters. The predicted octanol–water partition coefficient (Wildman–Crippen LogP) is 2.91. The Balaban J connectivity index is 1.93. The Kier molecular flexibility index (Phi) is 3.16. The van der Waals surface area contributed by atoms with E-state index in [1.54, 1.807) is 6.07 Å². The Bertz CT molecular complexity index is 863. The van der Waals surface area contributed by atoms with Gasteiger partial charge in [-0.15, -0.1) is 0 Å². The molecule has 1 saturated heterocycles. The average Bonchev–Trinajstić information content (AvgIpc) is 3.20. The zero-order valence-corrected chi connectivity index (χ0v) is 13.2. The first kappa shape index (κ1) is 14.3. The van der Waals surface area contributed by atoms with Gasteiger partial charge in [0.1, 0.15) is 11.2 Å². The third-order valence-electron chi connectivity index (χ3n) is 4.58. The molecule has 1 atom stereocenters. The number of benzene rings is 1. The highest BCUT2D eigenvalue weighted by atomic mass is 19.1. The number of halogens is 1. The summed E-state index contributed by atoms with van der Waals surface area (Å²) >= 11 is 0. The normalized spacial score (nSPS) is 18.3. The lowest BCUT2D eigenvalue weighted by Crippen LogP contribution is -2.26. The minimum Gasteiger partial charge on any atom is -0.367 e. The summed E-state index contributed by atoms with van der Waals surface area (Å²) in [5, 5.41) is 4.58. The molecule has 1 aromatic carbocycles. The number of rotatable bonds is 2. The summed E-state index contributed by atoms with van der Waals surface area (Å²) < 4.78 is 22.0. The maximum Gasteiger partial charge on any atom is 0.195 e. The zero-order chi connectivity index (χ0) is 16.1. The average molecular weight is 314 g/mol. The van der Waals surface area contributed by atoms with Crippen molar-refractivity contribution in [3.63, 3.8) is 0 Å². The molecule has 0 radical (unpaired) electrons. The van der Waals surface area contributed by atoms with Crippen molar-refractivity contribution in [3.05, 3.63) is 41.5 Å². The van der Waals surface area contributed by atoms with Crippen molar-refractivity contribution in [2.75, 3.05) is 18.0 Å². The van der Waals surface area contributed by atoms with Gasteiger partial charge in [0.05, 0.1) is 5.69 Å². The van der Waals surface area contributed by atoms with Crippen molar-refractivity contribution < 1.29 is 8.91 Å². The molecule has 6 heteroatoms. The van der Waals surface area contributed by atoms with E-state index in [0.717, 1.165) is 36.6 Å². The van der Waals surface area contributed by atoms with Crippen molar-refractivity contribution in [1.82, 2.24) is 9.72 Å². The van der Waals surface area contributed by atoms with E-state index in [4.69, 9.17) is 10.3 Å². The Morgan fingerprint density at radius 1 is 1.22 bits per heavy atom. The molecule has 3 heterocycles. The molecule has 2 aromatic heterocycles. The monoisotopic (exact) mass is 314 g/mol. The molecule has 0 bridgehead atoms. The number of hydrogen-bond donors (Lipinski definition) is 1. The number of hydrogen-bond acceptors (Lipinski definition) is 4. The fraction of sp³-hybridized carbons (Fsp3) is 0.353. The van der Waals surface area contributed by atoms with Gasteiger partial charge in [0, 0.05) is 30.5 Å². The van der Waals surface area contributed by atoms with Crippen LogP contribution in [-0.2, 0) is 0 Å². The molecule has 0 aliphatic carbocycles. The van der Waals surface area contributed by atoms with Gasteiger partial charge in [-0.3, -0.25) is 4.57 Å². The molecule has 0 amide bonds. The summed E-state index contributed by atoms with van der Waals surface area (Å²) in [6.45, 7) is 5.53. The van der Waals surface area contributed by atoms with Crippen LogP contribution in [0.1, 0.15) is 17.8 Å². The molecule has 1 aliphatic rings. The molecule has 120 valence electrons. The molecular formula is C17H19FN4O. The summed E-state index contributed by atoms with van der Waals surface area (Å²) in [5.41, 5.74) is 9.32. The lowest BCUT2D eigenvalue weighted by molar-refractivity contribution is 0.451. The van der Waals surface area contributed by atoms with Crippen molar-refractivity contribution in [2.24, 2.45) is 5.73 Å². The maximum absolute atomic E-state index is 14.5. The van der Waals surface area contributed by atoms with Crippen LogP contribution < -0.4 is 10.6 Å². The first-order chi connectivity index (χ1) is 11.1. The van der Waals surface area contributed by atoms with Crippen molar-refractivity contribution in [2.45, 2.75) is 26.3 Å². The van der Waals surface area contributed by atoms with E-state index in [0.29, 0.717) is 16.8 Å². The maximum atomic E-state index is 14.5. The lowest BCUT2D eigenvalue weighted by atomic mass is 10.2. The van der Waals surface area contributed by atoms with Crippen LogP contribution in [0, 0.1) is 19.7 Å². The summed E-state index contributed by atoms with van der Waals surface area (Å²) in [6, 6.07) is 7.34. The third-order valence-corrected chi connectivity index (χ3v) is 4.58. The minimum atomic E-state index is -0.323. The predicted molar refractivity (Wildman–Crippen MR) is 87.6 cm³/mol. The van der Waals surface area contributed by atoms with Gasteiger partial charge in [-0.1, -0.05) is 5.16 Å². The molecule has 0 saturated carbocycles. The Labute approximate surface area is 133 Å². The topological polar surface area (TPSA) is 60.2 Å². The van der Waals surface area contributed by atoms with E-state index >= 15 is 0 Å². The van der Waals surface area contributed by atoms with Gasteiger partial charge in [0.25, 0.3) is 0 Å². The summed E-state index contributed by atoms with van der Waals surface area (Å²) in [5.74, 6) is 0.179. The first-order valence-corrected chi connectivity index (χ1v) is 7.80. The highest BCUT2D eigenvalue weighted by Gasteiger charge is 2.26. The van der Waals surface area contributed by atoms with Gasteiger partial charge in [0.2, 0.25) is 0 Å². The van der Waals surface area contributed by atoms with Gasteiger partial charge < -0.3 is 15.2 Å². The molecular weight excluding hydrogens is 295 g/mol. The molecule has 0 spiro atoms. The Morgan fingerprint density at radius 2 is 1.96 bits per heavy atom. The van der Waals surface area contributed by atoms with Crippen LogP contribution in [0.2, 0.25) is 0 Å². The number of anilines is 1. The SMILES string of the molecule is Cc1ccc(C)n1-c1noc2c(N3CC[C@@H](N)C3)ccc(F)c12. The smallest absolute Gasteiger partial charge is 0.195 e. The largest absolute Gasteiger partial charge is 0.367 e. The van der Waals surface area contributed by atoms with E-state index in [2.05, 4.69) is 10.1 Å². The van der Waals surface area contributed by atoms with Crippen molar-refractivity contribution in [1.29, 1.82) is 0 Å². The highest BCUT2D eigenvalue weighted by Crippen LogP contribution is 2.35. The summed E-state index contributed by atoms with van der Waals surface area (Å²) in [7, 11) is 0. The van der Waals surface area contributed by atoms with E-state index in [1.165, 1.54) is 6.07 Å². The van der Waals surface area contributed by atoms with Gasteiger partial charge in [0.15, 0.2) is 11.4 Å². The van der Waals surface area contributed by atoms with Crippen molar-refractivity contribution >= 4 is 16.7 Å². The quantitative estimate of drug-likeness (QED) is 0.790. The molecule has 2 N–H and O–H groups in total. The van der Waals surface area contributed by atoms with Gasteiger partial charge in [-0.05, 0) is 44.5 Å². The van der Waals surface area contributed by atoms with Crippen LogP contribution in [0.3, 0.4) is 0 Å².